The lowest BCUT2D eigenvalue weighted by atomic mass is 10.2. The quantitative estimate of drug-likeness (QED) is 0.528. The smallest absolute Gasteiger partial charge is 0.0106 e. The summed E-state index contributed by atoms with van der Waals surface area (Å²) in [6.07, 6.45) is 6.29. The van der Waals surface area contributed by atoms with Crippen molar-refractivity contribution in [3.8, 4) is 0 Å². The Bertz CT molecular complexity index is 505. The van der Waals surface area contributed by atoms with Crippen molar-refractivity contribution >= 4 is 28.5 Å². The van der Waals surface area contributed by atoms with Gasteiger partial charge in [0.1, 0.15) is 0 Å². The van der Waals surface area contributed by atoms with Gasteiger partial charge in [0.25, 0.3) is 0 Å². The molecule has 0 amide bonds. The van der Waals surface area contributed by atoms with Crippen molar-refractivity contribution in [3.63, 3.8) is 0 Å². The zero-order valence-electron chi connectivity index (χ0n) is 12.2. The minimum Gasteiger partial charge on any atom is -0.0876 e. The van der Waals surface area contributed by atoms with Crippen LogP contribution in [0.3, 0.4) is 0 Å². The van der Waals surface area contributed by atoms with E-state index >= 15 is 0 Å². The first-order valence-corrected chi connectivity index (χ1v) is 10.5. The summed E-state index contributed by atoms with van der Waals surface area (Å²) in [7, 11) is 0. The molecular formula is C18H23PS. The number of benzene rings is 2. The standard InChI is InChI=1S/C18H23PS/c1-2-3-4-11-16-19(20,17-12-7-5-8-13-17)18-14-9-6-10-15-18/h5-10,12-15H,2-4,11,16H2,1H3. The fourth-order valence-corrected chi connectivity index (χ4v) is 6.41. The van der Waals surface area contributed by atoms with E-state index in [9.17, 15) is 0 Å². The van der Waals surface area contributed by atoms with Crippen molar-refractivity contribution in [3.05, 3.63) is 60.7 Å². The highest BCUT2D eigenvalue weighted by Gasteiger charge is 2.21. The van der Waals surface area contributed by atoms with Crippen molar-refractivity contribution < 1.29 is 0 Å². The first kappa shape index (κ1) is 15.5. The zero-order chi connectivity index (χ0) is 14.3. The Morgan fingerprint density at radius 2 is 1.25 bits per heavy atom. The van der Waals surface area contributed by atoms with E-state index in [2.05, 4.69) is 67.6 Å². The van der Waals surface area contributed by atoms with Crippen molar-refractivity contribution in [1.29, 1.82) is 0 Å². The molecule has 2 heteroatoms. The van der Waals surface area contributed by atoms with Gasteiger partial charge in [-0.25, -0.2) is 0 Å². The van der Waals surface area contributed by atoms with Gasteiger partial charge in [-0.1, -0.05) is 98.7 Å². The Morgan fingerprint density at radius 3 is 1.70 bits per heavy atom. The van der Waals surface area contributed by atoms with Crippen LogP contribution >= 0.6 is 6.04 Å². The summed E-state index contributed by atoms with van der Waals surface area (Å²) in [4.78, 5) is 0. The molecule has 0 radical (unpaired) electrons. The van der Waals surface area contributed by atoms with E-state index in [1.165, 1.54) is 36.3 Å². The van der Waals surface area contributed by atoms with Crippen molar-refractivity contribution in [2.45, 2.75) is 32.6 Å². The van der Waals surface area contributed by atoms with Gasteiger partial charge in [0, 0.05) is 6.04 Å². The summed E-state index contributed by atoms with van der Waals surface area (Å²) in [5.41, 5.74) is 0. The second-order valence-electron chi connectivity index (χ2n) is 5.20. The molecule has 0 bridgehead atoms. The first-order valence-electron chi connectivity index (χ1n) is 7.47. The highest BCUT2D eigenvalue weighted by Crippen LogP contribution is 2.44. The molecule has 0 aliphatic heterocycles. The number of hydrogen-bond acceptors (Lipinski definition) is 1. The lowest BCUT2D eigenvalue weighted by Gasteiger charge is -2.23. The third-order valence-electron chi connectivity index (χ3n) is 3.67. The van der Waals surface area contributed by atoms with Crippen LogP contribution in [0.15, 0.2) is 60.7 Å². The Labute approximate surface area is 128 Å². The predicted molar refractivity (Wildman–Crippen MR) is 95.4 cm³/mol. The summed E-state index contributed by atoms with van der Waals surface area (Å²) in [6.45, 7) is 2.25. The van der Waals surface area contributed by atoms with Gasteiger partial charge < -0.3 is 0 Å². The molecule has 0 aliphatic carbocycles. The Hall–Kier alpha value is -0.910. The minimum atomic E-state index is -1.63. The van der Waals surface area contributed by atoms with Gasteiger partial charge in [0.05, 0.1) is 0 Å². The van der Waals surface area contributed by atoms with E-state index < -0.39 is 6.04 Å². The fraction of sp³-hybridized carbons (Fsp3) is 0.333. The SMILES string of the molecule is CCCCCCP(=S)(c1ccccc1)c1ccccc1. The molecule has 2 aromatic rings. The fourth-order valence-electron chi connectivity index (χ4n) is 2.51. The summed E-state index contributed by atoms with van der Waals surface area (Å²) in [5, 5.41) is 2.72. The van der Waals surface area contributed by atoms with E-state index in [0.29, 0.717) is 0 Å². The number of rotatable bonds is 7. The molecule has 0 aromatic heterocycles. The Balaban J connectivity index is 2.27. The maximum Gasteiger partial charge on any atom is 0.0106 e. The average molecular weight is 302 g/mol. The van der Waals surface area contributed by atoms with E-state index in [0.717, 1.165) is 6.16 Å². The highest BCUT2D eigenvalue weighted by atomic mass is 32.4. The largest absolute Gasteiger partial charge is 0.0876 e. The van der Waals surface area contributed by atoms with Gasteiger partial charge in [0.2, 0.25) is 0 Å². The number of hydrogen-bond donors (Lipinski definition) is 0. The molecule has 106 valence electrons. The molecule has 0 aliphatic rings. The van der Waals surface area contributed by atoms with Crippen LogP contribution in [-0.4, -0.2) is 6.16 Å². The molecule has 2 aromatic carbocycles. The minimum absolute atomic E-state index is 1.15. The van der Waals surface area contributed by atoms with Crippen LogP contribution in [-0.2, 0) is 11.8 Å². The van der Waals surface area contributed by atoms with Crippen LogP contribution in [0.5, 0.6) is 0 Å². The van der Waals surface area contributed by atoms with E-state index in [4.69, 9.17) is 11.8 Å². The van der Waals surface area contributed by atoms with Gasteiger partial charge in [-0.2, -0.15) is 0 Å². The van der Waals surface area contributed by atoms with Gasteiger partial charge in [-0.05, 0) is 23.2 Å². The van der Waals surface area contributed by atoms with Crippen molar-refractivity contribution in [2.24, 2.45) is 0 Å². The maximum atomic E-state index is 6.20. The van der Waals surface area contributed by atoms with Crippen LogP contribution in [0.4, 0.5) is 0 Å². The number of unbranched alkanes of at least 4 members (excludes halogenated alkanes) is 3. The summed E-state index contributed by atoms with van der Waals surface area (Å²) >= 11 is 6.20. The van der Waals surface area contributed by atoms with Gasteiger partial charge >= 0.3 is 0 Å². The molecule has 0 saturated heterocycles. The molecule has 0 unspecified atom stereocenters. The van der Waals surface area contributed by atoms with Gasteiger partial charge in [-0.3, -0.25) is 0 Å². The van der Waals surface area contributed by atoms with Gasteiger partial charge in [0.15, 0.2) is 0 Å². The van der Waals surface area contributed by atoms with E-state index in [-0.39, 0.29) is 0 Å². The first-order chi connectivity index (χ1) is 9.77. The normalized spacial score (nSPS) is 11.4. The summed E-state index contributed by atoms with van der Waals surface area (Å²) < 4.78 is 0. The average Bonchev–Trinajstić information content (AvgIpc) is 2.53. The topological polar surface area (TPSA) is 0 Å². The molecule has 0 fully saturated rings. The lowest BCUT2D eigenvalue weighted by molar-refractivity contribution is 0.705. The monoisotopic (exact) mass is 302 g/mol. The summed E-state index contributed by atoms with van der Waals surface area (Å²) in [6, 6.07) is 19.8. The van der Waals surface area contributed by atoms with Crippen molar-refractivity contribution in [2.75, 3.05) is 6.16 Å². The van der Waals surface area contributed by atoms with Crippen LogP contribution < -0.4 is 10.6 Å². The molecule has 20 heavy (non-hydrogen) atoms. The van der Waals surface area contributed by atoms with E-state index in [1.807, 2.05) is 0 Å². The highest BCUT2D eigenvalue weighted by molar-refractivity contribution is 8.21. The van der Waals surface area contributed by atoms with Crippen LogP contribution in [0, 0.1) is 0 Å². The van der Waals surface area contributed by atoms with Gasteiger partial charge in [-0.15, -0.1) is 0 Å². The van der Waals surface area contributed by atoms with Crippen molar-refractivity contribution in [1.82, 2.24) is 0 Å². The third-order valence-corrected chi connectivity index (χ3v) is 8.70. The molecular weight excluding hydrogens is 279 g/mol. The Morgan fingerprint density at radius 1 is 0.750 bits per heavy atom. The Kier molecular flexibility index (Phi) is 6.01. The predicted octanol–water partition coefficient (Wildman–Crippen LogP) is 4.70. The lowest BCUT2D eigenvalue weighted by Crippen LogP contribution is -2.18. The maximum absolute atomic E-state index is 6.20. The molecule has 0 nitrogen and oxygen atoms in total. The molecule has 0 saturated carbocycles. The van der Waals surface area contributed by atoms with Crippen LogP contribution in [0.1, 0.15) is 32.6 Å². The molecule has 2 rings (SSSR count). The van der Waals surface area contributed by atoms with Crippen LogP contribution in [0.25, 0.3) is 0 Å². The molecule has 0 spiro atoms. The molecule has 0 atom stereocenters. The van der Waals surface area contributed by atoms with E-state index in [1.54, 1.807) is 0 Å². The molecule has 0 N–H and O–H groups in total. The second-order valence-corrected chi connectivity index (χ2v) is 10.0. The van der Waals surface area contributed by atoms with Crippen LogP contribution in [0.2, 0.25) is 0 Å². The second kappa shape index (κ2) is 7.76. The third kappa shape index (κ3) is 3.81. The molecule has 0 heterocycles. The summed E-state index contributed by atoms with van der Waals surface area (Å²) in [5.74, 6) is 0. The zero-order valence-corrected chi connectivity index (χ0v) is 13.9.